The largest absolute Gasteiger partial charge is 0.381 e. The van der Waals surface area contributed by atoms with Crippen LogP contribution in [0.3, 0.4) is 0 Å². The highest BCUT2D eigenvalue weighted by molar-refractivity contribution is 6.29. The molecule has 0 aliphatic carbocycles. The number of nitrogens with one attached hydrogen (secondary N) is 1. The SMILES string of the molecule is CC(Cc1ccccc1)Nc1cnnc(Cl)c1. The Bertz CT molecular complexity index is 473. The maximum atomic E-state index is 5.77. The molecule has 0 radical (unpaired) electrons. The summed E-state index contributed by atoms with van der Waals surface area (Å²) in [5, 5.41) is 11.3. The van der Waals surface area contributed by atoms with E-state index in [0.717, 1.165) is 12.1 Å². The summed E-state index contributed by atoms with van der Waals surface area (Å²) in [7, 11) is 0. The minimum absolute atomic E-state index is 0.317. The van der Waals surface area contributed by atoms with E-state index in [1.807, 2.05) is 18.2 Å². The van der Waals surface area contributed by atoms with E-state index >= 15 is 0 Å². The van der Waals surface area contributed by atoms with Crippen LogP contribution in [0.25, 0.3) is 0 Å². The summed E-state index contributed by atoms with van der Waals surface area (Å²) in [5.41, 5.74) is 2.20. The van der Waals surface area contributed by atoms with E-state index < -0.39 is 0 Å². The van der Waals surface area contributed by atoms with Gasteiger partial charge in [-0.3, -0.25) is 0 Å². The number of aromatic nitrogens is 2. The Morgan fingerprint density at radius 1 is 1.29 bits per heavy atom. The summed E-state index contributed by atoms with van der Waals surface area (Å²) in [6.07, 6.45) is 2.63. The molecule has 1 atom stereocenters. The topological polar surface area (TPSA) is 37.8 Å². The quantitative estimate of drug-likeness (QED) is 0.902. The minimum atomic E-state index is 0.317. The van der Waals surface area contributed by atoms with Gasteiger partial charge in [0.2, 0.25) is 0 Å². The number of hydrogen-bond donors (Lipinski definition) is 1. The van der Waals surface area contributed by atoms with Gasteiger partial charge in [0.1, 0.15) is 0 Å². The maximum Gasteiger partial charge on any atom is 0.153 e. The van der Waals surface area contributed by atoms with Crippen LogP contribution in [0, 0.1) is 0 Å². The van der Waals surface area contributed by atoms with Gasteiger partial charge in [-0.1, -0.05) is 41.9 Å². The van der Waals surface area contributed by atoms with Crippen molar-refractivity contribution in [1.82, 2.24) is 10.2 Å². The first-order chi connectivity index (χ1) is 8.24. The first-order valence-electron chi connectivity index (χ1n) is 5.53. The minimum Gasteiger partial charge on any atom is -0.381 e. The van der Waals surface area contributed by atoms with Gasteiger partial charge in [0, 0.05) is 12.1 Å². The molecular weight excluding hydrogens is 234 g/mol. The highest BCUT2D eigenvalue weighted by atomic mass is 35.5. The Morgan fingerprint density at radius 3 is 2.76 bits per heavy atom. The molecule has 1 unspecified atom stereocenters. The summed E-state index contributed by atoms with van der Waals surface area (Å²) in [4.78, 5) is 0. The van der Waals surface area contributed by atoms with Crippen LogP contribution in [0.5, 0.6) is 0 Å². The second-order valence-electron chi connectivity index (χ2n) is 4.00. The van der Waals surface area contributed by atoms with Gasteiger partial charge in [0.05, 0.1) is 11.9 Å². The molecular formula is C13H14ClN3. The number of nitrogens with zero attached hydrogens (tertiary/aromatic N) is 2. The van der Waals surface area contributed by atoms with E-state index in [0.29, 0.717) is 11.2 Å². The van der Waals surface area contributed by atoms with E-state index in [4.69, 9.17) is 11.6 Å². The van der Waals surface area contributed by atoms with Crippen molar-refractivity contribution in [3.8, 4) is 0 Å². The van der Waals surface area contributed by atoms with Gasteiger partial charge < -0.3 is 5.32 Å². The van der Waals surface area contributed by atoms with Gasteiger partial charge >= 0.3 is 0 Å². The summed E-state index contributed by atoms with van der Waals surface area (Å²) < 4.78 is 0. The number of hydrogen-bond acceptors (Lipinski definition) is 3. The van der Waals surface area contributed by atoms with Crippen molar-refractivity contribution >= 4 is 17.3 Å². The van der Waals surface area contributed by atoms with Crippen molar-refractivity contribution in [2.24, 2.45) is 0 Å². The van der Waals surface area contributed by atoms with Crippen LogP contribution in [0.4, 0.5) is 5.69 Å². The molecule has 1 aromatic carbocycles. The van der Waals surface area contributed by atoms with Gasteiger partial charge in [0.25, 0.3) is 0 Å². The van der Waals surface area contributed by atoms with Crippen LogP contribution < -0.4 is 5.32 Å². The van der Waals surface area contributed by atoms with Crippen LogP contribution in [-0.4, -0.2) is 16.2 Å². The second-order valence-corrected chi connectivity index (χ2v) is 4.39. The highest BCUT2D eigenvalue weighted by Crippen LogP contribution is 2.13. The third-order valence-corrected chi connectivity index (χ3v) is 2.61. The van der Waals surface area contributed by atoms with Crippen molar-refractivity contribution in [3.63, 3.8) is 0 Å². The Morgan fingerprint density at radius 2 is 2.06 bits per heavy atom. The molecule has 1 N–H and O–H groups in total. The normalized spacial score (nSPS) is 12.1. The molecule has 17 heavy (non-hydrogen) atoms. The smallest absolute Gasteiger partial charge is 0.153 e. The fourth-order valence-electron chi connectivity index (χ4n) is 1.72. The van der Waals surface area contributed by atoms with Crippen molar-refractivity contribution in [1.29, 1.82) is 0 Å². The molecule has 88 valence electrons. The van der Waals surface area contributed by atoms with Gasteiger partial charge in [0.15, 0.2) is 5.15 Å². The highest BCUT2D eigenvalue weighted by Gasteiger charge is 2.04. The van der Waals surface area contributed by atoms with Gasteiger partial charge in [-0.05, 0) is 18.9 Å². The molecule has 0 spiro atoms. The molecule has 0 fully saturated rings. The lowest BCUT2D eigenvalue weighted by Gasteiger charge is -2.14. The summed E-state index contributed by atoms with van der Waals surface area (Å²) in [6.45, 7) is 2.13. The molecule has 0 saturated carbocycles. The zero-order chi connectivity index (χ0) is 12.1. The van der Waals surface area contributed by atoms with E-state index in [-0.39, 0.29) is 0 Å². The first kappa shape index (κ1) is 11.9. The average Bonchev–Trinajstić information content (AvgIpc) is 2.30. The first-order valence-corrected chi connectivity index (χ1v) is 5.90. The van der Waals surface area contributed by atoms with Crippen LogP contribution in [-0.2, 0) is 6.42 Å². The molecule has 0 amide bonds. The van der Waals surface area contributed by atoms with Gasteiger partial charge in [-0.2, -0.15) is 5.10 Å². The molecule has 3 nitrogen and oxygen atoms in total. The Hall–Kier alpha value is -1.61. The van der Waals surface area contributed by atoms with Crippen LogP contribution in [0.1, 0.15) is 12.5 Å². The number of halogens is 1. The molecule has 4 heteroatoms. The van der Waals surface area contributed by atoms with E-state index in [2.05, 4.69) is 34.6 Å². The molecule has 2 aromatic rings. The molecule has 1 heterocycles. The zero-order valence-corrected chi connectivity index (χ0v) is 10.4. The standard InChI is InChI=1S/C13H14ClN3/c1-10(7-11-5-3-2-4-6-11)16-12-8-13(14)17-15-9-12/h2-6,8-10H,7H2,1H3,(H,16,17). The average molecular weight is 248 g/mol. The van der Waals surface area contributed by atoms with Crippen LogP contribution in [0.15, 0.2) is 42.6 Å². The Labute approximate surface area is 106 Å². The predicted octanol–water partition coefficient (Wildman–Crippen LogP) is 3.17. The third kappa shape index (κ3) is 3.71. The summed E-state index contributed by atoms with van der Waals surface area (Å²) >= 11 is 5.77. The number of rotatable bonds is 4. The fourth-order valence-corrected chi connectivity index (χ4v) is 1.88. The third-order valence-electron chi connectivity index (χ3n) is 2.42. The monoisotopic (exact) mass is 247 g/mol. The lowest BCUT2D eigenvalue weighted by atomic mass is 10.1. The number of anilines is 1. The maximum absolute atomic E-state index is 5.77. The summed E-state index contributed by atoms with van der Waals surface area (Å²) in [6, 6.07) is 12.5. The molecule has 0 aliphatic heterocycles. The van der Waals surface area contributed by atoms with Gasteiger partial charge in [-0.25, -0.2) is 0 Å². The van der Waals surface area contributed by atoms with E-state index in [9.17, 15) is 0 Å². The van der Waals surface area contributed by atoms with Crippen molar-refractivity contribution in [2.45, 2.75) is 19.4 Å². The Kier molecular flexibility index (Phi) is 3.94. The fraction of sp³-hybridized carbons (Fsp3) is 0.231. The molecule has 2 rings (SSSR count). The molecule has 0 aliphatic rings. The Balaban J connectivity index is 1.96. The lowest BCUT2D eigenvalue weighted by molar-refractivity contribution is 0.788. The molecule has 0 bridgehead atoms. The summed E-state index contributed by atoms with van der Waals surface area (Å²) in [5.74, 6) is 0. The zero-order valence-electron chi connectivity index (χ0n) is 9.60. The lowest BCUT2D eigenvalue weighted by Crippen LogP contribution is -2.18. The predicted molar refractivity (Wildman–Crippen MR) is 70.3 cm³/mol. The molecule has 0 saturated heterocycles. The van der Waals surface area contributed by atoms with E-state index in [1.165, 1.54) is 5.56 Å². The van der Waals surface area contributed by atoms with Crippen molar-refractivity contribution in [3.05, 3.63) is 53.3 Å². The van der Waals surface area contributed by atoms with Crippen LogP contribution >= 0.6 is 11.6 Å². The molecule has 1 aromatic heterocycles. The number of benzene rings is 1. The second kappa shape index (κ2) is 5.64. The van der Waals surface area contributed by atoms with Crippen molar-refractivity contribution < 1.29 is 0 Å². The van der Waals surface area contributed by atoms with Gasteiger partial charge in [-0.15, -0.1) is 5.10 Å². The van der Waals surface area contributed by atoms with Crippen LogP contribution in [0.2, 0.25) is 5.15 Å². The van der Waals surface area contributed by atoms with E-state index in [1.54, 1.807) is 12.3 Å². The van der Waals surface area contributed by atoms with Crippen molar-refractivity contribution in [2.75, 3.05) is 5.32 Å².